The van der Waals surface area contributed by atoms with Gasteiger partial charge >= 0.3 is 0 Å². The highest BCUT2D eigenvalue weighted by molar-refractivity contribution is 5.94. The molecule has 3 rings (SSSR count). The Morgan fingerprint density at radius 3 is 2.04 bits per heavy atom. The van der Waals surface area contributed by atoms with Crippen LogP contribution >= 0.6 is 0 Å². The second kappa shape index (κ2) is 6.93. The summed E-state index contributed by atoms with van der Waals surface area (Å²) in [6, 6.07) is 7.64. The predicted molar refractivity (Wildman–Crippen MR) is 93.7 cm³/mol. The van der Waals surface area contributed by atoms with E-state index in [1.54, 1.807) is 0 Å². The summed E-state index contributed by atoms with van der Waals surface area (Å²) in [4.78, 5) is 29.0. The number of aryl methyl sites for hydroxylation is 1. The van der Waals surface area contributed by atoms with Gasteiger partial charge in [0.05, 0.1) is 5.54 Å². The van der Waals surface area contributed by atoms with Crippen molar-refractivity contribution in [3.63, 3.8) is 0 Å². The van der Waals surface area contributed by atoms with E-state index in [4.69, 9.17) is 5.73 Å². The Kier molecular flexibility index (Phi) is 4.90. The molecule has 0 atom stereocenters. The largest absolute Gasteiger partial charge is 0.338 e. The van der Waals surface area contributed by atoms with Crippen molar-refractivity contribution in [2.75, 3.05) is 26.2 Å². The first-order valence-electron chi connectivity index (χ1n) is 8.94. The lowest BCUT2D eigenvalue weighted by Gasteiger charge is -2.41. The Balaban J connectivity index is 1.58. The Morgan fingerprint density at radius 2 is 1.46 bits per heavy atom. The van der Waals surface area contributed by atoms with Crippen LogP contribution in [0.25, 0.3) is 0 Å². The minimum atomic E-state index is -0.679. The molecule has 5 heteroatoms. The molecule has 5 nitrogen and oxygen atoms in total. The van der Waals surface area contributed by atoms with E-state index in [1.165, 1.54) is 6.42 Å². The van der Waals surface area contributed by atoms with Gasteiger partial charge in [-0.3, -0.25) is 9.59 Å². The Hall–Kier alpha value is -1.88. The number of rotatable bonds is 2. The minimum absolute atomic E-state index is 0.0437. The van der Waals surface area contributed by atoms with Crippen molar-refractivity contribution in [3.8, 4) is 0 Å². The first kappa shape index (κ1) is 17.0. The average molecular weight is 329 g/mol. The molecule has 0 radical (unpaired) electrons. The number of piperazine rings is 1. The van der Waals surface area contributed by atoms with Gasteiger partial charge in [0, 0.05) is 31.7 Å². The molecule has 1 saturated carbocycles. The number of nitrogens with zero attached hydrogens (tertiary/aromatic N) is 2. The molecule has 1 aromatic rings. The third kappa shape index (κ3) is 3.46. The number of nitrogens with two attached hydrogens (primary N) is 1. The van der Waals surface area contributed by atoms with Gasteiger partial charge in [-0.15, -0.1) is 0 Å². The summed E-state index contributed by atoms with van der Waals surface area (Å²) in [5.74, 6) is 0.117. The normalized spacial score (nSPS) is 20.8. The summed E-state index contributed by atoms with van der Waals surface area (Å²) < 4.78 is 0. The monoisotopic (exact) mass is 329 g/mol. The molecule has 2 amide bonds. The maximum atomic E-state index is 12.8. The Labute approximate surface area is 143 Å². The van der Waals surface area contributed by atoms with Crippen LogP contribution in [0.4, 0.5) is 0 Å². The van der Waals surface area contributed by atoms with E-state index >= 15 is 0 Å². The molecule has 1 aromatic carbocycles. The fourth-order valence-corrected chi connectivity index (χ4v) is 3.70. The van der Waals surface area contributed by atoms with Crippen molar-refractivity contribution in [1.82, 2.24) is 9.80 Å². The molecule has 1 aliphatic carbocycles. The summed E-state index contributed by atoms with van der Waals surface area (Å²) >= 11 is 0. The first-order chi connectivity index (χ1) is 11.5. The van der Waals surface area contributed by atoms with E-state index in [1.807, 2.05) is 41.0 Å². The quantitative estimate of drug-likeness (QED) is 0.902. The smallest absolute Gasteiger partial charge is 0.253 e. The van der Waals surface area contributed by atoms with Gasteiger partial charge in [0.1, 0.15) is 0 Å². The summed E-state index contributed by atoms with van der Waals surface area (Å²) in [5, 5.41) is 0. The highest BCUT2D eigenvalue weighted by atomic mass is 16.2. The SMILES string of the molecule is Cc1ccc(C(=O)N2CCN(C(=O)C3(N)CCCCC3)CC2)cc1. The molecule has 24 heavy (non-hydrogen) atoms. The zero-order valence-electron chi connectivity index (χ0n) is 14.5. The van der Waals surface area contributed by atoms with Crippen molar-refractivity contribution in [1.29, 1.82) is 0 Å². The zero-order chi connectivity index (χ0) is 17.2. The standard InChI is InChI=1S/C19H27N3O2/c1-15-5-7-16(8-6-15)17(23)21-11-13-22(14-12-21)18(24)19(20)9-3-2-4-10-19/h5-8H,2-4,9-14,20H2,1H3. The van der Waals surface area contributed by atoms with E-state index in [0.29, 0.717) is 31.7 Å². The second-order valence-electron chi connectivity index (χ2n) is 7.17. The van der Waals surface area contributed by atoms with Crippen molar-refractivity contribution in [2.45, 2.75) is 44.6 Å². The van der Waals surface area contributed by atoms with Gasteiger partial charge in [-0.1, -0.05) is 37.0 Å². The molecule has 130 valence electrons. The van der Waals surface area contributed by atoms with Gasteiger partial charge in [-0.05, 0) is 31.9 Å². The second-order valence-corrected chi connectivity index (χ2v) is 7.17. The first-order valence-corrected chi connectivity index (χ1v) is 8.94. The maximum absolute atomic E-state index is 12.8. The molecular weight excluding hydrogens is 302 g/mol. The van der Waals surface area contributed by atoms with E-state index in [2.05, 4.69) is 0 Å². The fraction of sp³-hybridized carbons (Fsp3) is 0.579. The fourth-order valence-electron chi connectivity index (χ4n) is 3.70. The molecule has 1 aliphatic heterocycles. The highest BCUT2D eigenvalue weighted by Gasteiger charge is 2.39. The van der Waals surface area contributed by atoms with Crippen LogP contribution in [0.2, 0.25) is 0 Å². The summed E-state index contributed by atoms with van der Waals surface area (Å²) in [6.07, 6.45) is 4.82. The van der Waals surface area contributed by atoms with Crippen molar-refractivity contribution in [2.24, 2.45) is 5.73 Å². The number of hydrogen-bond donors (Lipinski definition) is 1. The third-order valence-corrected chi connectivity index (χ3v) is 5.32. The van der Waals surface area contributed by atoms with E-state index < -0.39 is 5.54 Å². The Morgan fingerprint density at radius 1 is 0.917 bits per heavy atom. The molecule has 1 heterocycles. The van der Waals surface area contributed by atoms with E-state index in [-0.39, 0.29) is 11.8 Å². The van der Waals surface area contributed by atoms with Gasteiger partial charge in [-0.2, -0.15) is 0 Å². The van der Waals surface area contributed by atoms with Crippen molar-refractivity contribution < 1.29 is 9.59 Å². The summed E-state index contributed by atoms with van der Waals surface area (Å²) in [7, 11) is 0. The van der Waals surface area contributed by atoms with Crippen LogP contribution in [0.5, 0.6) is 0 Å². The van der Waals surface area contributed by atoms with Crippen LogP contribution < -0.4 is 5.73 Å². The molecule has 1 saturated heterocycles. The van der Waals surface area contributed by atoms with Crippen LogP contribution in [-0.2, 0) is 4.79 Å². The van der Waals surface area contributed by atoms with Gasteiger partial charge < -0.3 is 15.5 Å². The van der Waals surface area contributed by atoms with Gasteiger partial charge in [0.15, 0.2) is 0 Å². The minimum Gasteiger partial charge on any atom is -0.338 e. The van der Waals surface area contributed by atoms with Crippen LogP contribution in [0, 0.1) is 6.92 Å². The number of carbonyl (C=O) groups excluding carboxylic acids is 2. The zero-order valence-corrected chi connectivity index (χ0v) is 14.5. The van der Waals surface area contributed by atoms with Gasteiger partial charge in [0.25, 0.3) is 5.91 Å². The molecule has 2 fully saturated rings. The highest BCUT2D eigenvalue weighted by Crippen LogP contribution is 2.28. The molecule has 0 spiro atoms. The molecule has 0 unspecified atom stereocenters. The van der Waals surface area contributed by atoms with Gasteiger partial charge in [0.2, 0.25) is 5.91 Å². The lowest BCUT2D eigenvalue weighted by molar-refractivity contribution is -0.139. The molecule has 2 N–H and O–H groups in total. The van der Waals surface area contributed by atoms with Crippen LogP contribution in [0.1, 0.15) is 48.0 Å². The number of amides is 2. The number of carbonyl (C=O) groups is 2. The number of hydrogen-bond acceptors (Lipinski definition) is 3. The van der Waals surface area contributed by atoms with E-state index in [9.17, 15) is 9.59 Å². The van der Waals surface area contributed by atoms with Crippen LogP contribution in [-0.4, -0.2) is 53.3 Å². The van der Waals surface area contributed by atoms with Crippen molar-refractivity contribution in [3.05, 3.63) is 35.4 Å². The predicted octanol–water partition coefficient (Wildman–Crippen LogP) is 1.94. The average Bonchev–Trinajstić information content (AvgIpc) is 2.62. The summed E-state index contributed by atoms with van der Waals surface area (Å²) in [5.41, 5.74) is 7.53. The van der Waals surface area contributed by atoms with Crippen LogP contribution in [0.3, 0.4) is 0 Å². The third-order valence-electron chi connectivity index (χ3n) is 5.32. The molecule has 0 aromatic heterocycles. The summed E-state index contributed by atoms with van der Waals surface area (Å²) in [6.45, 7) is 4.32. The number of benzene rings is 1. The Bertz CT molecular complexity index is 598. The molecule has 0 bridgehead atoms. The molecule has 2 aliphatic rings. The van der Waals surface area contributed by atoms with Gasteiger partial charge in [-0.25, -0.2) is 0 Å². The topological polar surface area (TPSA) is 66.6 Å². The lowest BCUT2D eigenvalue weighted by Crippen LogP contribution is -2.60. The molecular formula is C19H27N3O2. The van der Waals surface area contributed by atoms with Crippen molar-refractivity contribution >= 4 is 11.8 Å². The maximum Gasteiger partial charge on any atom is 0.253 e. The van der Waals surface area contributed by atoms with E-state index in [0.717, 1.165) is 31.2 Å². The lowest BCUT2D eigenvalue weighted by atomic mass is 9.81. The van der Waals surface area contributed by atoms with Crippen LogP contribution in [0.15, 0.2) is 24.3 Å².